The Bertz CT molecular complexity index is 728. The normalized spacial score (nSPS) is 13.9. The van der Waals surface area contributed by atoms with Crippen LogP contribution in [-0.4, -0.2) is 7.28 Å². The molecule has 1 aliphatic rings. The van der Waals surface area contributed by atoms with Crippen molar-refractivity contribution in [1.82, 2.24) is 0 Å². The van der Waals surface area contributed by atoms with E-state index in [4.69, 9.17) is 0 Å². The summed E-state index contributed by atoms with van der Waals surface area (Å²) in [6.45, 7) is 0. The molecule has 17 heavy (non-hydrogen) atoms. The second-order valence-electron chi connectivity index (χ2n) is 4.94. The molecule has 0 aliphatic carbocycles. The maximum atomic E-state index is 2.33. The van der Waals surface area contributed by atoms with Crippen molar-refractivity contribution < 1.29 is 0 Å². The average molecular weight is 216 g/mol. The van der Waals surface area contributed by atoms with Gasteiger partial charge in [0.15, 0.2) is 7.28 Å². The van der Waals surface area contributed by atoms with E-state index in [0.29, 0.717) is 0 Å². The van der Waals surface area contributed by atoms with Crippen LogP contribution in [-0.2, 0) is 6.42 Å². The zero-order chi connectivity index (χ0) is 11.2. The smallest absolute Gasteiger partial charge is 0.0737 e. The molecule has 3 aromatic rings. The van der Waals surface area contributed by atoms with Crippen LogP contribution in [0.15, 0.2) is 48.5 Å². The van der Waals surface area contributed by atoms with Crippen LogP contribution >= 0.6 is 0 Å². The van der Waals surface area contributed by atoms with Gasteiger partial charge in [0.05, 0.1) is 0 Å². The van der Waals surface area contributed by atoms with Gasteiger partial charge >= 0.3 is 0 Å². The second-order valence-corrected chi connectivity index (χ2v) is 4.94. The molecular formula is C16H13B. The van der Waals surface area contributed by atoms with Gasteiger partial charge in [0.1, 0.15) is 0 Å². The third-order valence-corrected chi connectivity index (χ3v) is 4.01. The topological polar surface area (TPSA) is 0 Å². The molecule has 0 unspecified atom stereocenters. The van der Waals surface area contributed by atoms with Gasteiger partial charge in [-0.1, -0.05) is 65.9 Å². The Hall–Kier alpha value is -1.76. The molecule has 0 radical (unpaired) electrons. The number of aryl methyl sites for hydroxylation is 1. The van der Waals surface area contributed by atoms with E-state index < -0.39 is 0 Å². The van der Waals surface area contributed by atoms with Crippen LogP contribution in [0.25, 0.3) is 21.5 Å². The Kier molecular flexibility index (Phi) is 1.84. The highest BCUT2D eigenvalue weighted by atomic mass is 14.1. The Labute approximate surface area is 102 Å². The van der Waals surface area contributed by atoms with Crippen molar-refractivity contribution in [3.63, 3.8) is 0 Å². The quantitative estimate of drug-likeness (QED) is 0.400. The van der Waals surface area contributed by atoms with Crippen molar-refractivity contribution in [1.29, 1.82) is 0 Å². The third-order valence-electron chi connectivity index (χ3n) is 4.01. The minimum atomic E-state index is 1.25. The predicted octanol–water partition coefficient (Wildman–Crippen LogP) is 3.03. The fourth-order valence-electron chi connectivity index (χ4n) is 3.18. The highest BCUT2D eigenvalue weighted by Gasteiger charge is 2.15. The molecular weight excluding hydrogens is 203 g/mol. The summed E-state index contributed by atoms with van der Waals surface area (Å²) in [5, 5.41) is 5.63. The van der Waals surface area contributed by atoms with Gasteiger partial charge in [-0.25, -0.2) is 0 Å². The van der Waals surface area contributed by atoms with Crippen molar-refractivity contribution >= 4 is 34.3 Å². The molecule has 0 aromatic heterocycles. The summed E-state index contributed by atoms with van der Waals surface area (Å²) in [6, 6.07) is 17.9. The number of fused-ring (bicyclic) bond motifs is 5. The molecule has 0 saturated heterocycles. The summed E-state index contributed by atoms with van der Waals surface area (Å²) in [7, 11) is 1.25. The molecule has 0 fully saturated rings. The molecule has 0 saturated carbocycles. The molecule has 0 spiro atoms. The summed E-state index contributed by atoms with van der Waals surface area (Å²) in [5.41, 5.74) is 3.15. The maximum absolute atomic E-state index is 2.33. The van der Waals surface area contributed by atoms with Gasteiger partial charge in [0.25, 0.3) is 0 Å². The molecule has 1 heterocycles. The van der Waals surface area contributed by atoms with Gasteiger partial charge in [-0.3, -0.25) is 0 Å². The molecule has 80 valence electrons. The molecule has 0 N–H and O–H groups in total. The standard InChI is InChI=1S/C16H13B/c1-2-4-13-11(3-1)5-8-15-14(13)7-6-12-9-10-17-16(12)15/h1-8,17H,9-10H2. The summed E-state index contributed by atoms with van der Waals surface area (Å²) < 4.78 is 0. The molecule has 1 aliphatic heterocycles. The van der Waals surface area contributed by atoms with Gasteiger partial charge in [0.2, 0.25) is 0 Å². The Morgan fingerprint density at radius 1 is 0.765 bits per heavy atom. The molecule has 0 atom stereocenters. The van der Waals surface area contributed by atoms with Crippen LogP contribution in [0, 0.1) is 0 Å². The van der Waals surface area contributed by atoms with Crippen LogP contribution in [0.1, 0.15) is 5.56 Å². The Balaban J connectivity index is 2.22. The van der Waals surface area contributed by atoms with E-state index in [1.165, 1.54) is 41.6 Å². The lowest BCUT2D eigenvalue weighted by molar-refractivity contribution is 1.18. The van der Waals surface area contributed by atoms with E-state index in [1.54, 1.807) is 11.0 Å². The van der Waals surface area contributed by atoms with Gasteiger partial charge in [0, 0.05) is 0 Å². The van der Waals surface area contributed by atoms with Crippen LogP contribution in [0.3, 0.4) is 0 Å². The van der Waals surface area contributed by atoms with Gasteiger partial charge < -0.3 is 0 Å². The zero-order valence-corrected chi connectivity index (χ0v) is 9.74. The number of hydrogen-bond donors (Lipinski definition) is 0. The molecule has 0 amide bonds. The predicted molar refractivity (Wildman–Crippen MR) is 76.7 cm³/mol. The van der Waals surface area contributed by atoms with Crippen LogP contribution in [0.5, 0.6) is 0 Å². The summed E-state index contributed by atoms with van der Waals surface area (Å²) in [4.78, 5) is 0. The monoisotopic (exact) mass is 216 g/mol. The van der Waals surface area contributed by atoms with E-state index in [9.17, 15) is 0 Å². The van der Waals surface area contributed by atoms with Gasteiger partial charge in [-0.05, 0) is 28.0 Å². The highest BCUT2D eigenvalue weighted by Crippen LogP contribution is 2.26. The first-order valence-electron chi connectivity index (χ1n) is 6.36. The summed E-state index contributed by atoms with van der Waals surface area (Å²) in [5.74, 6) is 0. The first-order valence-corrected chi connectivity index (χ1v) is 6.36. The summed E-state index contributed by atoms with van der Waals surface area (Å²) >= 11 is 0. The minimum absolute atomic E-state index is 1.25. The van der Waals surface area contributed by atoms with Gasteiger partial charge in [-0.15, -0.1) is 0 Å². The molecule has 3 aromatic carbocycles. The van der Waals surface area contributed by atoms with E-state index in [0.717, 1.165) is 0 Å². The lowest BCUT2D eigenvalue weighted by atomic mass is 9.70. The number of rotatable bonds is 0. The minimum Gasteiger partial charge on any atom is -0.0737 e. The molecule has 0 bridgehead atoms. The van der Waals surface area contributed by atoms with Gasteiger partial charge in [-0.2, -0.15) is 0 Å². The van der Waals surface area contributed by atoms with E-state index >= 15 is 0 Å². The van der Waals surface area contributed by atoms with Crippen molar-refractivity contribution in [2.75, 3.05) is 0 Å². The van der Waals surface area contributed by atoms with Crippen molar-refractivity contribution in [3.05, 3.63) is 54.1 Å². The molecule has 1 heteroatoms. The Morgan fingerprint density at radius 3 is 2.65 bits per heavy atom. The largest absolute Gasteiger partial charge is 0.159 e. The first-order chi connectivity index (χ1) is 8.43. The van der Waals surface area contributed by atoms with E-state index in [-0.39, 0.29) is 0 Å². The van der Waals surface area contributed by atoms with E-state index in [2.05, 4.69) is 48.5 Å². The maximum Gasteiger partial charge on any atom is 0.159 e. The molecule has 4 rings (SSSR count). The van der Waals surface area contributed by atoms with Crippen molar-refractivity contribution in [2.24, 2.45) is 0 Å². The van der Waals surface area contributed by atoms with Crippen LogP contribution in [0.2, 0.25) is 6.32 Å². The molecule has 0 nitrogen and oxygen atoms in total. The zero-order valence-electron chi connectivity index (χ0n) is 9.74. The highest BCUT2D eigenvalue weighted by molar-refractivity contribution is 6.59. The van der Waals surface area contributed by atoms with Crippen molar-refractivity contribution in [3.8, 4) is 0 Å². The second kappa shape index (κ2) is 3.37. The SMILES string of the molecule is B1CCc2ccc3c(ccc4ccccc43)c21. The van der Waals surface area contributed by atoms with Crippen LogP contribution < -0.4 is 5.46 Å². The first kappa shape index (κ1) is 9.29. The summed E-state index contributed by atoms with van der Waals surface area (Å²) in [6.07, 6.45) is 2.58. The van der Waals surface area contributed by atoms with E-state index in [1.807, 2.05) is 0 Å². The average Bonchev–Trinajstić information content (AvgIpc) is 2.86. The fourth-order valence-corrected chi connectivity index (χ4v) is 3.18. The van der Waals surface area contributed by atoms with Crippen molar-refractivity contribution in [2.45, 2.75) is 12.7 Å². The lowest BCUT2D eigenvalue weighted by Crippen LogP contribution is -2.11. The third kappa shape index (κ3) is 1.26. The lowest BCUT2D eigenvalue weighted by Gasteiger charge is -2.08. The Morgan fingerprint density at radius 2 is 1.65 bits per heavy atom. The van der Waals surface area contributed by atoms with Crippen LogP contribution in [0.4, 0.5) is 0 Å². The fraction of sp³-hybridized carbons (Fsp3) is 0.125. The number of benzene rings is 3. The number of hydrogen-bond acceptors (Lipinski definition) is 0.